The average molecular weight is 920 g/mol. The number of fused-ring (bicyclic) bond motifs is 3. The van der Waals surface area contributed by atoms with Crippen LogP contribution in [-0.4, -0.2) is 125 Å². The zero-order chi connectivity index (χ0) is 48.2. The molecule has 3 aromatic carbocycles. The number of amidine groups is 2. The van der Waals surface area contributed by atoms with Crippen molar-refractivity contribution >= 4 is 85.0 Å². The highest BCUT2D eigenvalue weighted by atomic mass is 32.2. The maximum Gasteiger partial charge on any atom is 0.294 e. The number of nitrogens with one attached hydrogen (secondary N) is 2. The molecule has 348 valence electrons. The second-order valence-electron chi connectivity index (χ2n) is 15.3. The summed E-state index contributed by atoms with van der Waals surface area (Å²) in [5, 5.41) is 50.8. The Hall–Kier alpha value is -7.80. The van der Waals surface area contributed by atoms with Crippen molar-refractivity contribution in [2.45, 2.75) is 53.1 Å². The number of aliphatic imine (C=N–C) groups is 2. The lowest BCUT2D eigenvalue weighted by molar-refractivity contribution is -0.129. The Labute approximate surface area is 373 Å². The normalized spacial score (nSPS) is 17.2. The fourth-order valence-corrected chi connectivity index (χ4v) is 6.91. The first kappa shape index (κ1) is 48.2. The minimum absolute atomic E-state index is 0.0594. The van der Waals surface area contributed by atoms with E-state index in [0.29, 0.717) is 55.3 Å². The number of carbonyl (C=O) groups excluding carboxylic acids is 2. The smallest absolute Gasteiger partial charge is 0.294 e. The van der Waals surface area contributed by atoms with Gasteiger partial charge in [-0.3, -0.25) is 44.5 Å². The Kier molecular flexibility index (Phi) is 14.3. The monoisotopic (exact) mass is 919 g/mol. The van der Waals surface area contributed by atoms with E-state index in [1.165, 1.54) is 28.2 Å². The molecule has 9 rings (SSSR count). The fraction of sp³-hybridized carbons (Fsp3) is 0.325. The number of aryl methyl sites for hydroxylation is 3. The van der Waals surface area contributed by atoms with Gasteiger partial charge in [-0.25, -0.2) is 24.7 Å². The average Bonchev–Trinajstić information content (AvgIpc) is 4.10. The predicted octanol–water partition coefficient (Wildman–Crippen LogP) is 1.60. The molecule has 4 saturated heterocycles. The van der Waals surface area contributed by atoms with Gasteiger partial charge in [0, 0.05) is 74.5 Å². The third kappa shape index (κ3) is 10.9. The molecule has 5 aliphatic heterocycles. The van der Waals surface area contributed by atoms with Crippen LogP contribution in [0.4, 0.5) is 39.9 Å². The van der Waals surface area contributed by atoms with Crippen molar-refractivity contribution in [3.05, 3.63) is 69.5 Å². The summed E-state index contributed by atoms with van der Waals surface area (Å²) in [6, 6.07) is 11.0. The van der Waals surface area contributed by atoms with E-state index in [9.17, 15) is 33.0 Å². The Bertz CT molecular complexity index is 2630. The summed E-state index contributed by atoms with van der Waals surface area (Å²) in [6.07, 6.45) is 3.40. The highest BCUT2D eigenvalue weighted by molar-refractivity contribution is 7.85. The minimum Gasteiger partial charge on any atom is -0.508 e. The number of hydrogen-bond donors (Lipinski definition) is 11. The van der Waals surface area contributed by atoms with Gasteiger partial charge in [0.25, 0.3) is 27.5 Å². The van der Waals surface area contributed by atoms with Gasteiger partial charge >= 0.3 is 0 Å². The van der Waals surface area contributed by atoms with Gasteiger partial charge in [0.15, 0.2) is 23.1 Å². The number of benzene rings is 3. The van der Waals surface area contributed by atoms with Crippen LogP contribution in [0.15, 0.2) is 57.2 Å². The van der Waals surface area contributed by atoms with Crippen molar-refractivity contribution in [3.63, 3.8) is 0 Å². The maximum absolute atomic E-state index is 12.2. The number of phenols is 3. The highest BCUT2D eigenvalue weighted by Crippen LogP contribution is 2.34. The molecule has 25 heteroatoms. The predicted molar refractivity (Wildman–Crippen MR) is 247 cm³/mol. The SMILES string of the molecule is CS(=O)(=O)O.Cc1cc(N=C2C(=N)N3CCCN3C2=O)c(O)cc1N.Cc1cc(N=C2C(=N)N3CCCN3C2=O)c(O)cc1N.Cc1ccc(O)cc1N.Nc1c(N)n2n(c1=O)CCC2. The van der Waals surface area contributed by atoms with Gasteiger partial charge in [0.05, 0.1) is 6.26 Å². The van der Waals surface area contributed by atoms with Crippen molar-refractivity contribution in [2.24, 2.45) is 9.98 Å². The van der Waals surface area contributed by atoms with Gasteiger partial charge in [-0.1, -0.05) is 6.07 Å². The molecule has 0 saturated carbocycles. The first-order valence-corrected chi connectivity index (χ1v) is 21.8. The highest BCUT2D eigenvalue weighted by Gasteiger charge is 2.43. The number of nitrogens with zero attached hydrogens (tertiary/aromatic N) is 8. The lowest BCUT2D eigenvalue weighted by atomic mass is 10.1. The molecule has 65 heavy (non-hydrogen) atoms. The summed E-state index contributed by atoms with van der Waals surface area (Å²) >= 11 is 0. The number of amides is 2. The zero-order valence-electron chi connectivity index (χ0n) is 36.1. The van der Waals surface area contributed by atoms with Crippen molar-refractivity contribution in [1.29, 1.82) is 10.8 Å². The molecular weight excluding hydrogens is 867 g/mol. The van der Waals surface area contributed by atoms with E-state index in [1.54, 1.807) is 57.5 Å². The second kappa shape index (κ2) is 19.3. The van der Waals surface area contributed by atoms with Crippen LogP contribution in [0.3, 0.4) is 0 Å². The van der Waals surface area contributed by atoms with Crippen LogP contribution in [0.2, 0.25) is 0 Å². The number of nitrogens with two attached hydrogens (primary N) is 5. The Morgan fingerprint density at radius 2 is 0.969 bits per heavy atom. The summed E-state index contributed by atoms with van der Waals surface area (Å²) in [6.45, 7) is 9.53. The molecule has 1 aromatic heterocycles. The molecular formula is C40H53N15O9S. The molecule has 16 N–H and O–H groups in total. The molecule has 4 aromatic rings. The van der Waals surface area contributed by atoms with Gasteiger partial charge in [0.1, 0.15) is 40.1 Å². The molecule has 0 unspecified atom stereocenters. The number of carbonyl (C=O) groups is 2. The van der Waals surface area contributed by atoms with Crippen LogP contribution in [0.1, 0.15) is 36.0 Å². The molecule has 4 fully saturated rings. The summed E-state index contributed by atoms with van der Waals surface area (Å²) < 4.78 is 29.2. The number of anilines is 5. The summed E-state index contributed by atoms with van der Waals surface area (Å²) in [7, 11) is -3.67. The molecule has 0 bridgehead atoms. The van der Waals surface area contributed by atoms with Crippen molar-refractivity contribution in [2.75, 3.05) is 61.1 Å². The molecule has 0 spiro atoms. The van der Waals surface area contributed by atoms with Crippen LogP contribution in [0, 0.1) is 31.6 Å². The van der Waals surface area contributed by atoms with Gasteiger partial charge in [-0.15, -0.1) is 0 Å². The first-order valence-electron chi connectivity index (χ1n) is 19.9. The minimum atomic E-state index is -3.67. The number of hydrazine groups is 2. The van der Waals surface area contributed by atoms with E-state index in [4.69, 9.17) is 49.1 Å². The summed E-state index contributed by atoms with van der Waals surface area (Å²) in [5.41, 5.74) is 32.6. The zero-order valence-corrected chi connectivity index (χ0v) is 36.9. The number of aromatic nitrogens is 2. The van der Waals surface area contributed by atoms with Crippen LogP contribution in [-0.2, 0) is 32.8 Å². The molecule has 0 aliphatic carbocycles. The first-order chi connectivity index (χ1) is 30.4. The van der Waals surface area contributed by atoms with E-state index in [2.05, 4.69) is 9.98 Å². The maximum atomic E-state index is 12.2. The van der Waals surface area contributed by atoms with Crippen LogP contribution in [0.25, 0.3) is 0 Å². The molecule has 2 amide bonds. The Morgan fingerprint density at radius 3 is 1.35 bits per heavy atom. The van der Waals surface area contributed by atoms with Crippen LogP contribution >= 0.6 is 0 Å². The molecule has 5 aliphatic rings. The van der Waals surface area contributed by atoms with E-state index in [-0.39, 0.29) is 74.8 Å². The Morgan fingerprint density at radius 1 is 0.585 bits per heavy atom. The topological polar surface area (TPSA) is 392 Å². The van der Waals surface area contributed by atoms with Gasteiger partial charge < -0.3 is 44.0 Å². The van der Waals surface area contributed by atoms with Gasteiger partial charge in [0.2, 0.25) is 0 Å². The number of nitrogen functional groups attached to an aromatic ring is 5. The van der Waals surface area contributed by atoms with Crippen molar-refractivity contribution in [1.82, 2.24) is 29.4 Å². The largest absolute Gasteiger partial charge is 0.508 e. The summed E-state index contributed by atoms with van der Waals surface area (Å²) in [5.74, 6) is 0.0302. The molecule has 24 nitrogen and oxygen atoms in total. The van der Waals surface area contributed by atoms with E-state index < -0.39 is 10.1 Å². The third-order valence-electron chi connectivity index (χ3n) is 10.4. The second-order valence-corrected chi connectivity index (χ2v) is 16.8. The third-order valence-corrected chi connectivity index (χ3v) is 10.4. The van der Waals surface area contributed by atoms with Crippen molar-refractivity contribution in [3.8, 4) is 17.2 Å². The number of rotatable bonds is 2. The van der Waals surface area contributed by atoms with Crippen LogP contribution in [0.5, 0.6) is 17.2 Å². The standard InChI is InChI=1S/2C13H15N5O2.C7H9NO.C6H10N4O.CH4O3S/c2*1-7-5-9(10(19)6-8(7)14)16-11-12(15)17-3-2-4-18(17)13(11)20;1-5-2-3-6(9)4-7(5)8;7-4-5(8)9-2-1-3-10(9)6(4)11;1-5(2,3)4/h2*5-6,15,19H,2-4,14H2,1H3;2-4,9H,8H2,1H3;1-3,7-8H2;1H3,(H,2,3,4). The molecule has 6 heterocycles. The lowest BCUT2D eigenvalue weighted by Crippen LogP contribution is -2.33. The fourth-order valence-electron chi connectivity index (χ4n) is 6.91. The Balaban J connectivity index is 0.000000164. The van der Waals surface area contributed by atoms with Crippen molar-refractivity contribution < 1.29 is 37.9 Å². The molecule has 0 atom stereocenters. The van der Waals surface area contributed by atoms with E-state index in [1.807, 2.05) is 6.92 Å². The van der Waals surface area contributed by atoms with Gasteiger partial charge in [-0.05, 0) is 74.9 Å². The van der Waals surface area contributed by atoms with E-state index >= 15 is 0 Å². The van der Waals surface area contributed by atoms with Crippen LogP contribution < -0.4 is 34.2 Å². The number of phenolic OH excluding ortho intramolecular Hbond substituents is 3. The summed E-state index contributed by atoms with van der Waals surface area (Å²) in [4.78, 5) is 43.9. The van der Waals surface area contributed by atoms with Gasteiger partial charge in [-0.2, -0.15) is 8.42 Å². The quantitative estimate of drug-likeness (QED) is 0.100. The van der Waals surface area contributed by atoms with E-state index in [0.717, 1.165) is 49.0 Å². The lowest BCUT2D eigenvalue weighted by Gasteiger charge is -2.17. The molecule has 0 radical (unpaired) electrons. The number of hydrogen-bond acceptors (Lipinski definition) is 17. The number of aromatic hydroxyl groups is 3.